The summed E-state index contributed by atoms with van der Waals surface area (Å²) in [7, 11) is 0. The Hall–Kier alpha value is -1.76. The molecule has 0 spiro atoms. The van der Waals surface area contributed by atoms with Crippen molar-refractivity contribution in [1.29, 1.82) is 0 Å². The molecule has 2 aromatic carbocycles. The fraction of sp³-hybridized carbons (Fsp3) is 0.333. The minimum atomic E-state index is 0.973. The summed E-state index contributed by atoms with van der Waals surface area (Å²) in [6.45, 7) is 12.2. The number of aryl methyl sites for hydroxylation is 2. The standard InChI is InChI=1S/C14H12O.2C2H6/c1-9-4-6-13-12(7-9)11-5-3-10(2)8-14(11)15-13;2*1-2/h3-8H,1-2H3;2*1-2H3. The van der Waals surface area contributed by atoms with Crippen LogP contribution in [0.25, 0.3) is 21.9 Å². The van der Waals surface area contributed by atoms with Gasteiger partial charge in [-0.3, -0.25) is 0 Å². The van der Waals surface area contributed by atoms with Crippen molar-refractivity contribution in [2.75, 3.05) is 0 Å². The Morgan fingerprint density at radius 1 is 0.632 bits per heavy atom. The maximum Gasteiger partial charge on any atom is 0.135 e. The van der Waals surface area contributed by atoms with E-state index in [1.54, 1.807) is 0 Å². The van der Waals surface area contributed by atoms with E-state index < -0.39 is 0 Å². The van der Waals surface area contributed by atoms with Crippen LogP contribution in [0, 0.1) is 13.8 Å². The van der Waals surface area contributed by atoms with E-state index in [9.17, 15) is 0 Å². The minimum absolute atomic E-state index is 0.973. The Kier molecular flexibility index (Phi) is 5.62. The SMILES string of the molecule is CC.CC.Cc1ccc2c(c1)oc1ccc(C)cc12. The average molecular weight is 256 g/mol. The van der Waals surface area contributed by atoms with Crippen molar-refractivity contribution < 1.29 is 4.42 Å². The van der Waals surface area contributed by atoms with E-state index in [1.165, 1.54) is 21.9 Å². The zero-order valence-corrected chi connectivity index (χ0v) is 12.9. The zero-order valence-electron chi connectivity index (χ0n) is 12.9. The summed E-state index contributed by atoms with van der Waals surface area (Å²) < 4.78 is 5.79. The van der Waals surface area contributed by atoms with Crippen LogP contribution < -0.4 is 0 Å². The van der Waals surface area contributed by atoms with Crippen LogP contribution in [-0.2, 0) is 0 Å². The van der Waals surface area contributed by atoms with E-state index in [-0.39, 0.29) is 0 Å². The summed E-state index contributed by atoms with van der Waals surface area (Å²) in [6, 6.07) is 12.6. The fourth-order valence-electron chi connectivity index (χ4n) is 2.00. The Morgan fingerprint density at radius 3 is 1.89 bits per heavy atom. The van der Waals surface area contributed by atoms with Gasteiger partial charge in [0.15, 0.2) is 0 Å². The van der Waals surface area contributed by atoms with Gasteiger partial charge in [-0.15, -0.1) is 0 Å². The van der Waals surface area contributed by atoms with Crippen molar-refractivity contribution in [2.45, 2.75) is 41.5 Å². The van der Waals surface area contributed by atoms with Crippen LogP contribution in [0.3, 0.4) is 0 Å². The summed E-state index contributed by atoms with van der Waals surface area (Å²) in [5, 5.41) is 2.42. The predicted octanol–water partition coefficient (Wildman–Crippen LogP) is 6.26. The molecule has 0 aliphatic rings. The van der Waals surface area contributed by atoms with Crippen molar-refractivity contribution >= 4 is 21.9 Å². The number of hydrogen-bond acceptors (Lipinski definition) is 1. The predicted molar refractivity (Wildman–Crippen MR) is 85.9 cm³/mol. The monoisotopic (exact) mass is 256 g/mol. The molecule has 0 bridgehead atoms. The van der Waals surface area contributed by atoms with Crippen LogP contribution in [0.1, 0.15) is 38.8 Å². The number of benzene rings is 2. The quantitative estimate of drug-likeness (QED) is 0.463. The first-order valence-corrected chi connectivity index (χ1v) is 7.13. The van der Waals surface area contributed by atoms with Crippen LogP contribution in [0.5, 0.6) is 0 Å². The fourth-order valence-corrected chi connectivity index (χ4v) is 2.00. The first-order chi connectivity index (χ1) is 9.24. The summed E-state index contributed by atoms with van der Waals surface area (Å²) >= 11 is 0. The molecule has 102 valence electrons. The van der Waals surface area contributed by atoms with Gasteiger partial charge in [-0.1, -0.05) is 51.5 Å². The minimum Gasteiger partial charge on any atom is -0.456 e. The van der Waals surface area contributed by atoms with Crippen molar-refractivity contribution in [3.05, 3.63) is 47.5 Å². The van der Waals surface area contributed by atoms with Gasteiger partial charge in [-0.25, -0.2) is 0 Å². The van der Waals surface area contributed by atoms with Crippen molar-refractivity contribution in [3.63, 3.8) is 0 Å². The molecule has 0 unspecified atom stereocenters. The molecule has 19 heavy (non-hydrogen) atoms. The lowest BCUT2D eigenvalue weighted by Gasteiger charge is -1.92. The molecule has 0 aliphatic carbocycles. The van der Waals surface area contributed by atoms with Crippen LogP contribution in [0.4, 0.5) is 0 Å². The second kappa shape index (κ2) is 6.98. The highest BCUT2D eigenvalue weighted by molar-refractivity contribution is 6.05. The van der Waals surface area contributed by atoms with Crippen LogP contribution >= 0.6 is 0 Å². The molecule has 1 nitrogen and oxygen atoms in total. The van der Waals surface area contributed by atoms with Gasteiger partial charge in [0.25, 0.3) is 0 Å². The maximum atomic E-state index is 5.79. The summed E-state index contributed by atoms with van der Waals surface area (Å²) in [5.41, 5.74) is 4.46. The molecule has 1 heterocycles. The maximum absolute atomic E-state index is 5.79. The van der Waals surface area contributed by atoms with E-state index in [4.69, 9.17) is 4.42 Å². The van der Waals surface area contributed by atoms with Crippen molar-refractivity contribution in [2.24, 2.45) is 0 Å². The summed E-state index contributed by atoms with van der Waals surface area (Å²) in [4.78, 5) is 0. The first-order valence-electron chi connectivity index (χ1n) is 7.13. The molecule has 1 heteroatoms. The Bertz CT molecular complexity index is 647. The molecule has 3 aromatic rings. The third-order valence-electron chi connectivity index (χ3n) is 2.78. The highest BCUT2D eigenvalue weighted by Crippen LogP contribution is 2.29. The van der Waals surface area contributed by atoms with Crippen LogP contribution in [-0.4, -0.2) is 0 Å². The van der Waals surface area contributed by atoms with Crippen molar-refractivity contribution in [1.82, 2.24) is 0 Å². The Labute approximate surface area is 116 Å². The van der Waals surface area contributed by atoms with Crippen LogP contribution in [0.2, 0.25) is 0 Å². The summed E-state index contributed by atoms with van der Waals surface area (Å²) in [5.74, 6) is 0. The third-order valence-corrected chi connectivity index (χ3v) is 2.78. The van der Waals surface area contributed by atoms with E-state index in [1.807, 2.05) is 33.8 Å². The molecule has 0 aliphatic heterocycles. The molecule has 0 atom stereocenters. The highest BCUT2D eigenvalue weighted by Gasteiger charge is 2.05. The number of hydrogen-bond donors (Lipinski definition) is 0. The highest BCUT2D eigenvalue weighted by atomic mass is 16.3. The van der Waals surface area contributed by atoms with Gasteiger partial charge in [0, 0.05) is 10.8 Å². The van der Waals surface area contributed by atoms with Gasteiger partial charge < -0.3 is 4.42 Å². The van der Waals surface area contributed by atoms with E-state index in [2.05, 4.69) is 44.2 Å². The van der Waals surface area contributed by atoms with Gasteiger partial charge in [0.05, 0.1) is 0 Å². The molecular weight excluding hydrogens is 232 g/mol. The van der Waals surface area contributed by atoms with Crippen molar-refractivity contribution in [3.8, 4) is 0 Å². The zero-order chi connectivity index (χ0) is 14.4. The molecule has 0 saturated heterocycles. The molecule has 0 N–H and O–H groups in total. The Morgan fingerprint density at radius 2 is 1.21 bits per heavy atom. The van der Waals surface area contributed by atoms with E-state index in [0.29, 0.717) is 0 Å². The van der Waals surface area contributed by atoms with Gasteiger partial charge in [0.2, 0.25) is 0 Å². The first kappa shape index (κ1) is 15.3. The lowest BCUT2D eigenvalue weighted by molar-refractivity contribution is 0.668. The summed E-state index contributed by atoms with van der Waals surface area (Å²) in [6.07, 6.45) is 0. The third kappa shape index (κ3) is 3.17. The molecule has 0 saturated carbocycles. The molecule has 3 rings (SSSR count). The van der Waals surface area contributed by atoms with Gasteiger partial charge in [-0.2, -0.15) is 0 Å². The average Bonchev–Trinajstić information content (AvgIpc) is 2.80. The van der Waals surface area contributed by atoms with Gasteiger partial charge >= 0.3 is 0 Å². The number of fused-ring (bicyclic) bond motifs is 3. The van der Waals surface area contributed by atoms with E-state index in [0.717, 1.165) is 11.2 Å². The van der Waals surface area contributed by atoms with E-state index >= 15 is 0 Å². The van der Waals surface area contributed by atoms with Gasteiger partial charge in [-0.05, 0) is 37.6 Å². The molecule has 0 amide bonds. The molecule has 0 fully saturated rings. The Balaban J connectivity index is 0.000000415. The normalized spacial score (nSPS) is 9.58. The van der Waals surface area contributed by atoms with Gasteiger partial charge in [0.1, 0.15) is 11.2 Å². The second-order valence-electron chi connectivity index (χ2n) is 4.10. The molecule has 1 aromatic heterocycles. The molecule has 0 radical (unpaired) electrons. The number of furan rings is 1. The smallest absolute Gasteiger partial charge is 0.135 e. The largest absolute Gasteiger partial charge is 0.456 e. The topological polar surface area (TPSA) is 13.1 Å². The lowest BCUT2D eigenvalue weighted by Crippen LogP contribution is -1.71. The molecular formula is C18H24O. The number of rotatable bonds is 0. The second-order valence-corrected chi connectivity index (χ2v) is 4.10. The lowest BCUT2D eigenvalue weighted by atomic mass is 10.1. The van der Waals surface area contributed by atoms with Crippen LogP contribution in [0.15, 0.2) is 40.8 Å².